The Morgan fingerprint density at radius 1 is 1.11 bits per heavy atom. The minimum atomic E-state index is -0.352. The molecular formula is C15H13BrClF. The molecule has 3 heteroatoms. The lowest BCUT2D eigenvalue weighted by atomic mass is 9.98. The van der Waals surface area contributed by atoms with E-state index < -0.39 is 0 Å². The lowest BCUT2D eigenvalue weighted by Crippen LogP contribution is -1.99. The van der Waals surface area contributed by atoms with Gasteiger partial charge in [-0.3, -0.25) is 0 Å². The Morgan fingerprint density at radius 3 is 2.56 bits per heavy atom. The molecule has 0 aliphatic rings. The number of alkyl halides is 1. The smallest absolute Gasteiger partial charge is 0.137 e. The van der Waals surface area contributed by atoms with Crippen molar-refractivity contribution in [2.24, 2.45) is 0 Å². The summed E-state index contributed by atoms with van der Waals surface area (Å²) in [6, 6.07) is 11.1. The van der Waals surface area contributed by atoms with E-state index in [0.29, 0.717) is 4.47 Å². The first kappa shape index (κ1) is 13.6. The summed E-state index contributed by atoms with van der Waals surface area (Å²) in [4.78, 5) is 0. The van der Waals surface area contributed by atoms with Crippen LogP contribution in [0.1, 0.15) is 27.6 Å². The number of halogens is 3. The molecule has 94 valence electrons. The molecular weight excluding hydrogens is 315 g/mol. The van der Waals surface area contributed by atoms with E-state index in [1.807, 2.05) is 38.1 Å². The van der Waals surface area contributed by atoms with Gasteiger partial charge in [-0.2, -0.15) is 0 Å². The summed E-state index contributed by atoms with van der Waals surface area (Å²) in [5.74, 6) is -0.288. The lowest BCUT2D eigenvalue weighted by molar-refractivity contribution is 0.618. The highest BCUT2D eigenvalue weighted by Gasteiger charge is 2.17. The minimum absolute atomic E-state index is 0.288. The Labute approximate surface area is 120 Å². The van der Waals surface area contributed by atoms with Crippen molar-refractivity contribution in [3.05, 3.63) is 68.9 Å². The van der Waals surface area contributed by atoms with Crippen molar-refractivity contribution in [3.63, 3.8) is 0 Å². The van der Waals surface area contributed by atoms with Crippen molar-refractivity contribution in [3.8, 4) is 0 Å². The van der Waals surface area contributed by atoms with Crippen LogP contribution in [-0.2, 0) is 0 Å². The summed E-state index contributed by atoms with van der Waals surface area (Å²) in [5, 5.41) is -0.352. The molecule has 2 aromatic carbocycles. The number of hydrogen-bond donors (Lipinski definition) is 0. The Balaban J connectivity index is 2.51. The third-order valence-corrected chi connectivity index (χ3v) is 4.27. The van der Waals surface area contributed by atoms with E-state index in [0.717, 1.165) is 22.3 Å². The summed E-state index contributed by atoms with van der Waals surface area (Å²) in [5.41, 5.74) is 4.03. The van der Waals surface area contributed by atoms with E-state index in [-0.39, 0.29) is 11.2 Å². The van der Waals surface area contributed by atoms with Crippen molar-refractivity contribution < 1.29 is 4.39 Å². The summed E-state index contributed by atoms with van der Waals surface area (Å²) in [6.07, 6.45) is 0. The van der Waals surface area contributed by atoms with Gasteiger partial charge in [-0.15, -0.1) is 11.6 Å². The van der Waals surface area contributed by atoms with Crippen molar-refractivity contribution in [2.45, 2.75) is 19.2 Å². The second kappa shape index (κ2) is 5.41. The van der Waals surface area contributed by atoms with Gasteiger partial charge in [-0.1, -0.05) is 35.9 Å². The highest BCUT2D eigenvalue weighted by Crippen LogP contribution is 2.36. The fourth-order valence-electron chi connectivity index (χ4n) is 1.92. The second-order valence-corrected chi connectivity index (χ2v) is 5.60. The molecule has 0 saturated heterocycles. The predicted octanol–water partition coefficient (Wildman–Crippen LogP) is 5.53. The zero-order valence-electron chi connectivity index (χ0n) is 10.2. The van der Waals surface area contributed by atoms with Crippen LogP contribution in [0.5, 0.6) is 0 Å². The van der Waals surface area contributed by atoms with Gasteiger partial charge in [0.2, 0.25) is 0 Å². The van der Waals surface area contributed by atoms with E-state index in [4.69, 9.17) is 11.6 Å². The number of hydrogen-bond acceptors (Lipinski definition) is 0. The van der Waals surface area contributed by atoms with Crippen molar-refractivity contribution in [2.75, 3.05) is 0 Å². The van der Waals surface area contributed by atoms with Gasteiger partial charge in [0.15, 0.2) is 0 Å². The van der Waals surface area contributed by atoms with Crippen LogP contribution in [-0.4, -0.2) is 0 Å². The highest BCUT2D eigenvalue weighted by atomic mass is 79.9. The molecule has 0 radical (unpaired) electrons. The largest absolute Gasteiger partial charge is 0.206 e. The summed E-state index contributed by atoms with van der Waals surface area (Å²) in [7, 11) is 0. The molecule has 2 rings (SSSR count). The zero-order chi connectivity index (χ0) is 13.3. The molecule has 1 unspecified atom stereocenters. The quantitative estimate of drug-likeness (QED) is 0.636. The Morgan fingerprint density at radius 2 is 1.83 bits per heavy atom. The first-order valence-corrected chi connectivity index (χ1v) is 6.89. The maximum absolute atomic E-state index is 13.5. The van der Waals surface area contributed by atoms with Gasteiger partial charge in [0.25, 0.3) is 0 Å². The van der Waals surface area contributed by atoms with Gasteiger partial charge >= 0.3 is 0 Å². The SMILES string of the molecule is Cc1ccc(C)c(C(Cl)c2cccc(F)c2Br)c1. The average molecular weight is 328 g/mol. The Bertz CT molecular complexity index is 579. The van der Waals surface area contributed by atoms with Gasteiger partial charge < -0.3 is 0 Å². The van der Waals surface area contributed by atoms with Crippen LogP contribution in [0.4, 0.5) is 4.39 Å². The molecule has 0 heterocycles. The monoisotopic (exact) mass is 326 g/mol. The first-order chi connectivity index (χ1) is 8.50. The normalized spacial score (nSPS) is 12.5. The van der Waals surface area contributed by atoms with Gasteiger partial charge in [-0.05, 0) is 52.5 Å². The molecule has 0 N–H and O–H groups in total. The third kappa shape index (κ3) is 2.60. The van der Waals surface area contributed by atoms with E-state index in [2.05, 4.69) is 15.9 Å². The van der Waals surface area contributed by atoms with Crippen LogP contribution in [0.3, 0.4) is 0 Å². The van der Waals surface area contributed by atoms with Gasteiger partial charge in [0.05, 0.1) is 9.85 Å². The number of aryl methyl sites for hydroxylation is 2. The molecule has 1 atom stereocenters. The molecule has 0 spiro atoms. The Hall–Kier alpha value is -0.860. The second-order valence-electron chi connectivity index (χ2n) is 4.37. The van der Waals surface area contributed by atoms with Crippen LogP contribution in [0, 0.1) is 19.7 Å². The van der Waals surface area contributed by atoms with Crippen LogP contribution in [0.2, 0.25) is 0 Å². The third-order valence-electron chi connectivity index (χ3n) is 2.96. The van der Waals surface area contributed by atoms with Crippen molar-refractivity contribution >= 4 is 27.5 Å². The van der Waals surface area contributed by atoms with E-state index in [9.17, 15) is 4.39 Å². The van der Waals surface area contributed by atoms with E-state index >= 15 is 0 Å². The maximum atomic E-state index is 13.5. The zero-order valence-corrected chi connectivity index (χ0v) is 12.5. The standard InChI is InChI=1S/C15H13BrClF/c1-9-6-7-10(2)12(8-9)15(17)11-4-3-5-13(18)14(11)16/h3-8,15H,1-2H3. The van der Waals surface area contributed by atoms with E-state index in [1.165, 1.54) is 6.07 Å². The number of rotatable bonds is 2. The first-order valence-electron chi connectivity index (χ1n) is 5.66. The molecule has 0 amide bonds. The molecule has 0 saturated carbocycles. The summed E-state index contributed by atoms with van der Waals surface area (Å²) < 4.78 is 14.0. The molecule has 0 fully saturated rings. The van der Waals surface area contributed by atoms with Gasteiger partial charge in [-0.25, -0.2) is 4.39 Å². The minimum Gasteiger partial charge on any atom is -0.206 e. The molecule has 2 aromatic rings. The fraction of sp³-hybridized carbons (Fsp3) is 0.200. The molecule has 0 aliphatic heterocycles. The van der Waals surface area contributed by atoms with Crippen molar-refractivity contribution in [1.29, 1.82) is 0 Å². The fourth-order valence-corrected chi connectivity index (χ4v) is 2.96. The summed E-state index contributed by atoms with van der Waals surface area (Å²) >= 11 is 9.75. The maximum Gasteiger partial charge on any atom is 0.137 e. The number of benzene rings is 2. The predicted molar refractivity (Wildman–Crippen MR) is 77.7 cm³/mol. The molecule has 0 aromatic heterocycles. The van der Waals surface area contributed by atoms with Crippen LogP contribution < -0.4 is 0 Å². The van der Waals surface area contributed by atoms with Crippen molar-refractivity contribution in [1.82, 2.24) is 0 Å². The van der Waals surface area contributed by atoms with E-state index in [1.54, 1.807) is 6.07 Å². The topological polar surface area (TPSA) is 0 Å². The van der Waals surface area contributed by atoms with Gasteiger partial charge in [0, 0.05) is 0 Å². The highest BCUT2D eigenvalue weighted by molar-refractivity contribution is 9.10. The van der Waals surface area contributed by atoms with Crippen LogP contribution >= 0.6 is 27.5 Å². The van der Waals surface area contributed by atoms with Crippen LogP contribution in [0.15, 0.2) is 40.9 Å². The molecule has 0 aliphatic carbocycles. The molecule has 0 bridgehead atoms. The van der Waals surface area contributed by atoms with Gasteiger partial charge in [0.1, 0.15) is 5.82 Å². The lowest BCUT2D eigenvalue weighted by Gasteiger charge is -2.15. The molecule has 18 heavy (non-hydrogen) atoms. The average Bonchev–Trinajstić information content (AvgIpc) is 2.35. The Kier molecular flexibility index (Phi) is 4.08. The van der Waals surface area contributed by atoms with Crippen LogP contribution in [0.25, 0.3) is 0 Å². The molecule has 0 nitrogen and oxygen atoms in total. The summed E-state index contributed by atoms with van der Waals surface area (Å²) in [6.45, 7) is 4.03.